The number of nitrogens with zero attached hydrogens (tertiary/aromatic N) is 1. The first kappa shape index (κ1) is 13.6. The number of benzene rings is 1. The van der Waals surface area contributed by atoms with Crippen LogP contribution < -0.4 is 4.74 Å². The van der Waals surface area contributed by atoms with Crippen molar-refractivity contribution in [1.82, 2.24) is 0 Å². The molecule has 0 heterocycles. The van der Waals surface area contributed by atoms with Crippen molar-refractivity contribution < 1.29 is 14.3 Å². The Bertz CT molecular complexity index is 484. The van der Waals surface area contributed by atoms with E-state index in [1.54, 1.807) is 12.1 Å². The van der Waals surface area contributed by atoms with Crippen LogP contribution in [0.25, 0.3) is 0 Å². The zero-order valence-electron chi connectivity index (χ0n) is 9.32. The summed E-state index contributed by atoms with van der Waals surface area (Å²) in [5, 5.41) is 2.62. The fourth-order valence-electron chi connectivity index (χ4n) is 1.13. The first-order chi connectivity index (χ1) is 8.08. The lowest BCUT2D eigenvalue weighted by molar-refractivity contribution is -0.142. The number of halogens is 1. The maximum atomic E-state index is 10.9. The van der Waals surface area contributed by atoms with Gasteiger partial charge in [0.1, 0.15) is 5.75 Å². The molecule has 1 aromatic carbocycles. The Morgan fingerprint density at radius 2 is 2.29 bits per heavy atom. The number of aryl methyl sites for hydroxylation is 1. The van der Waals surface area contributed by atoms with Gasteiger partial charge in [-0.2, -0.15) is 4.99 Å². The van der Waals surface area contributed by atoms with Crippen molar-refractivity contribution in [1.29, 1.82) is 0 Å². The molecule has 0 spiro atoms. The molecule has 0 saturated heterocycles. The lowest BCUT2D eigenvalue weighted by atomic mass is 10.2. The summed E-state index contributed by atoms with van der Waals surface area (Å²) in [6, 6.07) is 3.28. The lowest BCUT2D eigenvalue weighted by Crippen LogP contribution is -2.13. The van der Waals surface area contributed by atoms with Crippen LogP contribution in [0, 0.1) is 6.92 Å². The Labute approximate surface area is 109 Å². The number of rotatable bonds is 4. The third kappa shape index (κ3) is 3.82. The van der Waals surface area contributed by atoms with Crippen molar-refractivity contribution in [3.8, 4) is 5.75 Å². The fourth-order valence-corrected chi connectivity index (χ4v) is 1.43. The summed E-state index contributed by atoms with van der Waals surface area (Å²) in [5.41, 5.74) is 1.31. The SMILES string of the molecule is COC(=O)COc1cc(Cl)c(N=C=S)cc1C. The zero-order valence-corrected chi connectivity index (χ0v) is 10.9. The summed E-state index contributed by atoms with van der Waals surface area (Å²) >= 11 is 10.5. The predicted octanol–water partition coefficient (Wildman–Crippen LogP) is 2.93. The van der Waals surface area contributed by atoms with Gasteiger partial charge >= 0.3 is 5.97 Å². The molecule has 0 bridgehead atoms. The van der Waals surface area contributed by atoms with Crippen molar-refractivity contribution in [2.45, 2.75) is 6.92 Å². The molecule has 4 nitrogen and oxygen atoms in total. The van der Waals surface area contributed by atoms with Crippen molar-refractivity contribution >= 4 is 40.6 Å². The number of carbonyl (C=O) groups excluding carboxylic acids is 1. The number of hydrogen-bond acceptors (Lipinski definition) is 5. The van der Waals surface area contributed by atoms with Gasteiger partial charge in [0.15, 0.2) is 6.61 Å². The van der Waals surface area contributed by atoms with Gasteiger partial charge in [0.25, 0.3) is 0 Å². The maximum absolute atomic E-state index is 10.9. The van der Waals surface area contributed by atoms with Crippen LogP contribution in [0.3, 0.4) is 0 Å². The van der Waals surface area contributed by atoms with Crippen molar-refractivity contribution in [3.63, 3.8) is 0 Å². The smallest absolute Gasteiger partial charge is 0.343 e. The molecule has 17 heavy (non-hydrogen) atoms. The number of ether oxygens (including phenoxy) is 2. The highest BCUT2D eigenvalue weighted by Crippen LogP contribution is 2.32. The molecule has 0 aromatic heterocycles. The summed E-state index contributed by atoms with van der Waals surface area (Å²) in [7, 11) is 1.29. The molecule has 1 rings (SSSR count). The van der Waals surface area contributed by atoms with Crippen LogP contribution in [0.2, 0.25) is 5.02 Å². The Morgan fingerprint density at radius 1 is 1.59 bits per heavy atom. The largest absolute Gasteiger partial charge is 0.482 e. The van der Waals surface area contributed by atoms with Crippen LogP contribution >= 0.6 is 23.8 Å². The first-order valence-corrected chi connectivity index (χ1v) is 5.44. The van der Waals surface area contributed by atoms with Crippen LogP contribution in [-0.4, -0.2) is 24.8 Å². The van der Waals surface area contributed by atoms with Crippen molar-refractivity contribution in [2.75, 3.05) is 13.7 Å². The second-order valence-electron chi connectivity index (χ2n) is 3.14. The van der Waals surface area contributed by atoms with E-state index in [4.69, 9.17) is 16.3 Å². The zero-order chi connectivity index (χ0) is 12.8. The second kappa shape index (κ2) is 6.35. The fraction of sp³-hybridized carbons (Fsp3) is 0.273. The minimum Gasteiger partial charge on any atom is -0.482 e. The maximum Gasteiger partial charge on any atom is 0.343 e. The van der Waals surface area contributed by atoms with Crippen molar-refractivity contribution in [3.05, 3.63) is 22.7 Å². The number of thiocarbonyl (C=S) groups is 1. The number of isothiocyanates is 1. The van der Waals surface area contributed by atoms with Crippen LogP contribution in [0.15, 0.2) is 17.1 Å². The monoisotopic (exact) mass is 271 g/mol. The molecule has 0 atom stereocenters. The van der Waals surface area contributed by atoms with Gasteiger partial charge in [0.2, 0.25) is 0 Å². The van der Waals surface area contributed by atoms with E-state index in [-0.39, 0.29) is 6.61 Å². The summed E-state index contributed by atoms with van der Waals surface area (Å²) in [6.45, 7) is 1.65. The minimum atomic E-state index is -0.457. The molecule has 0 unspecified atom stereocenters. The van der Waals surface area contributed by atoms with Gasteiger partial charge in [0, 0.05) is 6.07 Å². The third-order valence-corrected chi connectivity index (χ3v) is 2.38. The van der Waals surface area contributed by atoms with Gasteiger partial charge in [0.05, 0.1) is 23.0 Å². The molecule has 90 valence electrons. The van der Waals surface area contributed by atoms with Crippen LogP contribution in [0.1, 0.15) is 5.56 Å². The van der Waals surface area contributed by atoms with Crippen molar-refractivity contribution in [2.24, 2.45) is 4.99 Å². The number of methoxy groups -OCH3 is 1. The predicted molar refractivity (Wildman–Crippen MR) is 68.4 cm³/mol. The molecule has 0 aliphatic carbocycles. The van der Waals surface area contributed by atoms with Gasteiger partial charge in [-0.15, -0.1) is 0 Å². The number of aliphatic imine (C=N–C) groups is 1. The van der Waals surface area contributed by atoms with Crippen LogP contribution in [-0.2, 0) is 9.53 Å². The van der Waals surface area contributed by atoms with Gasteiger partial charge in [-0.3, -0.25) is 0 Å². The third-order valence-electron chi connectivity index (χ3n) is 1.98. The van der Waals surface area contributed by atoms with E-state index in [0.717, 1.165) is 5.56 Å². The Balaban J connectivity index is 2.91. The number of hydrogen-bond donors (Lipinski definition) is 0. The van der Waals surface area contributed by atoms with E-state index >= 15 is 0 Å². The normalized spacial score (nSPS) is 9.35. The molecule has 0 radical (unpaired) electrons. The quantitative estimate of drug-likeness (QED) is 0.480. The summed E-state index contributed by atoms with van der Waals surface area (Å²) in [6.07, 6.45) is 0. The topological polar surface area (TPSA) is 47.9 Å². The molecule has 0 saturated carbocycles. The highest BCUT2D eigenvalue weighted by molar-refractivity contribution is 7.78. The molecular formula is C11H10ClNO3S. The van der Waals surface area contributed by atoms with E-state index in [0.29, 0.717) is 16.5 Å². The standard InChI is InChI=1S/C11H10ClNO3S/c1-7-3-9(13-6-17)8(12)4-10(7)16-5-11(14)15-2/h3-4H,5H2,1-2H3. The summed E-state index contributed by atoms with van der Waals surface area (Å²) in [5.74, 6) is 0.0465. The molecule has 6 heteroatoms. The molecule has 0 aliphatic rings. The lowest BCUT2D eigenvalue weighted by Gasteiger charge is -2.09. The number of esters is 1. The Kier molecular flexibility index (Phi) is 5.10. The molecule has 0 N–H and O–H groups in total. The van der Waals surface area contributed by atoms with E-state index < -0.39 is 5.97 Å². The average molecular weight is 272 g/mol. The first-order valence-electron chi connectivity index (χ1n) is 4.66. The highest BCUT2D eigenvalue weighted by Gasteiger charge is 2.08. The molecule has 0 aliphatic heterocycles. The molecule has 0 amide bonds. The van der Waals surface area contributed by atoms with Gasteiger partial charge in [-0.25, -0.2) is 4.79 Å². The summed E-state index contributed by atoms with van der Waals surface area (Å²) in [4.78, 5) is 14.7. The summed E-state index contributed by atoms with van der Waals surface area (Å²) < 4.78 is 9.72. The average Bonchev–Trinajstić information content (AvgIpc) is 2.31. The van der Waals surface area contributed by atoms with Crippen LogP contribution in [0.4, 0.5) is 5.69 Å². The van der Waals surface area contributed by atoms with Gasteiger partial charge in [-0.05, 0) is 30.8 Å². The highest BCUT2D eigenvalue weighted by atomic mass is 35.5. The van der Waals surface area contributed by atoms with E-state index in [1.807, 2.05) is 6.92 Å². The Hall–Kier alpha value is -1.42. The second-order valence-corrected chi connectivity index (χ2v) is 3.73. The van der Waals surface area contributed by atoms with Crippen LogP contribution in [0.5, 0.6) is 5.75 Å². The molecule has 1 aromatic rings. The van der Waals surface area contributed by atoms with Gasteiger partial charge < -0.3 is 9.47 Å². The van der Waals surface area contributed by atoms with E-state index in [2.05, 4.69) is 27.1 Å². The van der Waals surface area contributed by atoms with E-state index in [1.165, 1.54) is 7.11 Å². The molecule has 0 fully saturated rings. The van der Waals surface area contributed by atoms with Gasteiger partial charge in [-0.1, -0.05) is 11.6 Å². The van der Waals surface area contributed by atoms with E-state index in [9.17, 15) is 4.79 Å². The molecular weight excluding hydrogens is 262 g/mol. The Morgan fingerprint density at radius 3 is 2.88 bits per heavy atom. The number of carbonyl (C=O) groups is 1. The minimum absolute atomic E-state index is 0.163.